The van der Waals surface area contributed by atoms with Gasteiger partial charge in [-0.1, -0.05) is 18.9 Å². The van der Waals surface area contributed by atoms with Crippen LogP contribution in [0.15, 0.2) is 34.1 Å². The maximum atomic E-state index is 12.9. The SMILES string of the molecule is O=S(=O)(F)c1cccc(S(=O)(=O)NC2CCCC2)c1. The van der Waals surface area contributed by atoms with E-state index in [0.29, 0.717) is 0 Å². The second-order valence-corrected chi connectivity index (χ2v) is 7.58. The molecule has 1 aromatic rings. The van der Waals surface area contributed by atoms with Gasteiger partial charge in [0.25, 0.3) is 0 Å². The predicted octanol–water partition coefficient (Wildman–Crippen LogP) is 1.57. The van der Waals surface area contributed by atoms with Crippen LogP contribution in [0.25, 0.3) is 0 Å². The third-order valence-electron chi connectivity index (χ3n) is 3.07. The highest BCUT2D eigenvalue weighted by Gasteiger charge is 2.24. The van der Waals surface area contributed by atoms with E-state index in [1.807, 2.05) is 0 Å². The molecule has 0 radical (unpaired) electrons. The molecule has 0 bridgehead atoms. The van der Waals surface area contributed by atoms with Crippen LogP contribution in [0.2, 0.25) is 0 Å². The van der Waals surface area contributed by atoms with E-state index in [0.717, 1.165) is 37.8 Å². The van der Waals surface area contributed by atoms with Crippen molar-refractivity contribution in [3.63, 3.8) is 0 Å². The Hall–Kier alpha value is -0.990. The zero-order valence-electron chi connectivity index (χ0n) is 10.0. The molecule has 0 atom stereocenters. The molecule has 2 rings (SSSR count). The summed E-state index contributed by atoms with van der Waals surface area (Å²) in [6.07, 6.45) is 3.46. The lowest BCUT2D eigenvalue weighted by Crippen LogP contribution is -2.32. The first-order valence-corrected chi connectivity index (χ1v) is 8.73. The Morgan fingerprint density at radius 2 is 1.63 bits per heavy atom. The summed E-state index contributed by atoms with van der Waals surface area (Å²) in [7, 11) is -8.71. The van der Waals surface area contributed by atoms with Gasteiger partial charge < -0.3 is 0 Å². The van der Waals surface area contributed by atoms with Gasteiger partial charge in [0.2, 0.25) is 10.0 Å². The largest absolute Gasteiger partial charge is 0.332 e. The molecule has 106 valence electrons. The van der Waals surface area contributed by atoms with E-state index in [9.17, 15) is 20.7 Å². The summed E-state index contributed by atoms with van der Waals surface area (Å²) >= 11 is 0. The molecular weight excluding hydrogens is 293 g/mol. The lowest BCUT2D eigenvalue weighted by atomic mass is 10.3. The van der Waals surface area contributed by atoms with Crippen molar-refractivity contribution in [3.05, 3.63) is 24.3 Å². The molecule has 8 heteroatoms. The van der Waals surface area contributed by atoms with E-state index < -0.39 is 25.1 Å². The van der Waals surface area contributed by atoms with E-state index in [-0.39, 0.29) is 10.9 Å². The van der Waals surface area contributed by atoms with Crippen LogP contribution in [-0.2, 0) is 20.2 Å². The highest BCUT2D eigenvalue weighted by molar-refractivity contribution is 7.89. The Labute approximate surface area is 112 Å². The van der Waals surface area contributed by atoms with Crippen LogP contribution >= 0.6 is 0 Å². The third kappa shape index (κ3) is 3.52. The van der Waals surface area contributed by atoms with Crippen LogP contribution in [-0.4, -0.2) is 22.9 Å². The molecule has 0 aliphatic heterocycles. The quantitative estimate of drug-likeness (QED) is 0.856. The second-order valence-electron chi connectivity index (χ2n) is 4.52. The van der Waals surface area contributed by atoms with Crippen molar-refractivity contribution in [1.82, 2.24) is 4.72 Å². The summed E-state index contributed by atoms with van der Waals surface area (Å²) in [5, 5.41) is 0. The first kappa shape index (κ1) is 14.4. The summed E-state index contributed by atoms with van der Waals surface area (Å²) in [6.45, 7) is 0. The van der Waals surface area contributed by atoms with Gasteiger partial charge in [0.15, 0.2) is 0 Å². The first-order valence-electron chi connectivity index (χ1n) is 5.86. The molecular formula is C11H14FNO4S2. The Morgan fingerprint density at radius 1 is 1.05 bits per heavy atom. The standard InChI is InChI=1S/C11H14FNO4S2/c12-18(14,15)10-6-3-7-11(8-10)19(16,17)13-9-4-1-2-5-9/h3,6-9,13H,1-2,4-5H2. The van der Waals surface area contributed by atoms with Gasteiger partial charge in [0, 0.05) is 6.04 Å². The summed E-state index contributed by atoms with van der Waals surface area (Å²) in [5.74, 6) is 0. The molecule has 1 saturated carbocycles. The van der Waals surface area contributed by atoms with Crippen molar-refractivity contribution in [2.45, 2.75) is 41.5 Å². The Kier molecular flexibility index (Phi) is 3.93. The Balaban J connectivity index is 2.30. The van der Waals surface area contributed by atoms with Crippen molar-refractivity contribution < 1.29 is 20.7 Å². The van der Waals surface area contributed by atoms with Crippen molar-refractivity contribution >= 4 is 20.2 Å². The van der Waals surface area contributed by atoms with Crippen molar-refractivity contribution in [2.75, 3.05) is 0 Å². The summed E-state index contributed by atoms with van der Waals surface area (Å²) in [5.41, 5.74) is 0. The summed E-state index contributed by atoms with van der Waals surface area (Å²) in [4.78, 5) is -0.889. The molecule has 0 amide bonds. The van der Waals surface area contributed by atoms with Crippen LogP contribution < -0.4 is 4.72 Å². The molecule has 0 heterocycles. The predicted molar refractivity (Wildman–Crippen MR) is 67.3 cm³/mol. The topological polar surface area (TPSA) is 80.3 Å². The lowest BCUT2D eigenvalue weighted by molar-refractivity contribution is 0.550. The fourth-order valence-corrected chi connectivity index (χ4v) is 4.06. The Bertz CT molecular complexity index is 664. The van der Waals surface area contributed by atoms with E-state index in [1.165, 1.54) is 12.1 Å². The van der Waals surface area contributed by atoms with Crippen LogP contribution in [0.4, 0.5) is 3.89 Å². The number of rotatable bonds is 4. The number of halogens is 1. The van der Waals surface area contributed by atoms with Gasteiger partial charge in [-0.2, -0.15) is 8.42 Å². The van der Waals surface area contributed by atoms with Crippen molar-refractivity contribution in [3.8, 4) is 0 Å². The molecule has 1 N–H and O–H groups in total. The number of benzene rings is 1. The van der Waals surface area contributed by atoms with Crippen molar-refractivity contribution in [2.24, 2.45) is 0 Å². The number of hydrogen-bond acceptors (Lipinski definition) is 4. The molecule has 19 heavy (non-hydrogen) atoms. The van der Waals surface area contributed by atoms with E-state index >= 15 is 0 Å². The van der Waals surface area contributed by atoms with Crippen LogP contribution in [0.1, 0.15) is 25.7 Å². The molecule has 1 aromatic carbocycles. The minimum Gasteiger partial charge on any atom is -0.208 e. The molecule has 0 spiro atoms. The van der Waals surface area contributed by atoms with Crippen molar-refractivity contribution in [1.29, 1.82) is 0 Å². The van der Waals surface area contributed by atoms with Gasteiger partial charge in [0.05, 0.1) is 9.79 Å². The van der Waals surface area contributed by atoms with Gasteiger partial charge in [0.1, 0.15) is 0 Å². The Morgan fingerprint density at radius 3 is 2.21 bits per heavy atom. The van der Waals surface area contributed by atoms with E-state index in [2.05, 4.69) is 4.72 Å². The van der Waals surface area contributed by atoms with Crippen LogP contribution in [0, 0.1) is 0 Å². The lowest BCUT2D eigenvalue weighted by Gasteiger charge is -2.12. The second kappa shape index (κ2) is 5.18. The zero-order chi connectivity index (χ0) is 14.1. The molecule has 5 nitrogen and oxygen atoms in total. The fraction of sp³-hybridized carbons (Fsp3) is 0.455. The molecule has 1 aliphatic carbocycles. The number of sulfonamides is 1. The monoisotopic (exact) mass is 307 g/mol. The van der Waals surface area contributed by atoms with Crippen LogP contribution in [0.5, 0.6) is 0 Å². The number of nitrogens with one attached hydrogen (secondary N) is 1. The minimum absolute atomic E-state index is 0.129. The average Bonchev–Trinajstić information content (AvgIpc) is 2.80. The van der Waals surface area contributed by atoms with Gasteiger partial charge in [-0.25, -0.2) is 13.1 Å². The molecule has 0 saturated heterocycles. The fourth-order valence-electron chi connectivity index (χ4n) is 2.12. The highest BCUT2D eigenvalue weighted by Crippen LogP contribution is 2.22. The van der Waals surface area contributed by atoms with Gasteiger partial charge in [-0.15, -0.1) is 3.89 Å². The van der Waals surface area contributed by atoms with E-state index in [4.69, 9.17) is 0 Å². The molecule has 0 unspecified atom stereocenters. The summed E-state index contributed by atoms with van der Waals surface area (Å²) in [6, 6.07) is 4.16. The van der Waals surface area contributed by atoms with Gasteiger partial charge in [-0.3, -0.25) is 0 Å². The minimum atomic E-state index is -4.91. The maximum Gasteiger partial charge on any atom is 0.332 e. The average molecular weight is 307 g/mol. The molecule has 1 fully saturated rings. The summed E-state index contributed by atoms with van der Waals surface area (Å²) < 4.78 is 61.0. The molecule has 0 aromatic heterocycles. The first-order chi connectivity index (χ1) is 8.79. The normalized spacial score (nSPS) is 17.7. The van der Waals surface area contributed by atoms with Gasteiger partial charge >= 0.3 is 10.2 Å². The van der Waals surface area contributed by atoms with Crippen LogP contribution in [0.3, 0.4) is 0 Å². The zero-order valence-corrected chi connectivity index (χ0v) is 11.7. The third-order valence-corrected chi connectivity index (χ3v) is 5.41. The maximum absolute atomic E-state index is 12.9. The number of hydrogen-bond donors (Lipinski definition) is 1. The highest BCUT2D eigenvalue weighted by atomic mass is 32.3. The van der Waals surface area contributed by atoms with E-state index in [1.54, 1.807) is 0 Å². The molecule has 1 aliphatic rings. The smallest absolute Gasteiger partial charge is 0.208 e. The van der Waals surface area contributed by atoms with Gasteiger partial charge in [-0.05, 0) is 31.0 Å².